The average molecular weight is 383 g/mol. The lowest BCUT2D eigenvalue weighted by molar-refractivity contribution is -0.132. The Morgan fingerprint density at radius 2 is 2.07 bits per heavy atom. The molecule has 1 atom stereocenters. The number of aromatic nitrogens is 1. The molecular weight excluding hydrogens is 362 g/mol. The van der Waals surface area contributed by atoms with Crippen LogP contribution in [-0.2, 0) is 22.4 Å². The van der Waals surface area contributed by atoms with E-state index in [4.69, 9.17) is 0 Å². The highest BCUT2D eigenvalue weighted by atomic mass is 32.1. The van der Waals surface area contributed by atoms with Gasteiger partial charge in [0.05, 0.1) is 23.0 Å². The van der Waals surface area contributed by atoms with Crippen LogP contribution in [0.1, 0.15) is 58.7 Å². The molecule has 0 radical (unpaired) electrons. The lowest BCUT2D eigenvalue weighted by Crippen LogP contribution is -2.40. The van der Waals surface area contributed by atoms with E-state index >= 15 is 0 Å². The van der Waals surface area contributed by atoms with Gasteiger partial charge in [-0.05, 0) is 30.4 Å². The molecule has 2 aromatic rings. The third-order valence-electron chi connectivity index (χ3n) is 5.21. The lowest BCUT2D eigenvalue weighted by atomic mass is 9.90. The molecule has 7 heteroatoms. The summed E-state index contributed by atoms with van der Waals surface area (Å²) in [6.07, 6.45) is 3.12. The quantitative estimate of drug-likeness (QED) is 0.883. The van der Waals surface area contributed by atoms with Gasteiger partial charge in [-0.25, -0.2) is 4.98 Å². The van der Waals surface area contributed by atoms with Crippen LogP contribution >= 0.6 is 11.3 Å². The summed E-state index contributed by atoms with van der Waals surface area (Å²) >= 11 is 1.25. The number of Topliss-reactive ketones (excluding diaryl/α,β-unsaturated/α-hetero) is 1. The summed E-state index contributed by atoms with van der Waals surface area (Å²) < 4.78 is 0. The van der Waals surface area contributed by atoms with Crippen molar-refractivity contribution in [3.8, 4) is 0 Å². The number of amides is 2. The van der Waals surface area contributed by atoms with Crippen molar-refractivity contribution in [1.82, 2.24) is 9.88 Å². The third-order valence-corrected chi connectivity index (χ3v) is 6.26. The smallest absolute Gasteiger partial charge is 0.228 e. The van der Waals surface area contributed by atoms with Gasteiger partial charge in [0, 0.05) is 19.9 Å². The van der Waals surface area contributed by atoms with Gasteiger partial charge >= 0.3 is 0 Å². The number of thiazole rings is 1. The Morgan fingerprint density at radius 1 is 1.26 bits per heavy atom. The molecule has 6 nitrogen and oxygen atoms in total. The van der Waals surface area contributed by atoms with Crippen LogP contribution in [-0.4, -0.2) is 34.0 Å². The number of fused-ring (bicyclic) bond motifs is 2. The zero-order valence-electron chi connectivity index (χ0n) is 15.2. The summed E-state index contributed by atoms with van der Waals surface area (Å²) in [6.45, 7) is 2.16. The van der Waals surface area contributed by atoms with Crippen molar-refractivity contribution in [3.63, 3.8) is 0 Å². The number of hydrogen-bond donors (Lipinski definition) is 1. The fourth-order valence-corrected chi connectivity index (χ4v) is 4.91. The number of anilines is 1. The van der Waals surface area contributed by atoms with E-state index in [0.29, 0.717) is 23.0 Å². The summed E-state index contributed by atoms with van der Waals surface area (Å²) in [5.41, 5.74) is 3.01. The number of aryl methyl sites for hydroxylation is 1. The fraction of sp³-hybridized carbons (Fsp3) is 0.400. The van der Waals surface area contributed by atoms with Gasteiger partial charge < -0.3 is 10.2 Å². The predicted molar refractivity (Wildman–Crippen MR) is 103 cm³/mol. The average Bonchev–Trinajstić information content (AvgIpc) is 3.05. The second kappa shape index (κ2) is 7.23. The Hall–Kier alpha value is -2.54. The molecule has 1 N–H and O–H groups in total. The van der Waals surface area contributed by atoms with Gasteiger partial charge in [-0.3, -0.25) is 14.4 Å². The number of carbonyl (C=O) groups excluding carboxylic acids is 3. The number of benzene rings is 1. The molecule has 27 heavy (non-hydrogen) atoms. The van der Waals surface area contributed by atoms with Crippen molar-refractivity contribution < 1.29 is 14.4 Å². The summed E-state index contributed by atoms with van der Waals surface area (Å²) in [7, 11) is 0. The minimum atomic E-state index is -0.274. The first-order chi connectivity index (χ1) is 13.0. The van der Waals surface area contributed by atoms with E-state index < -0.39 is 0 Å². The second-order valence-corrected chi connectivity index (χ2v) is 8.00. The van der Waals surface area contributed by atoms with E-state index in [2.05, 4.69) is 16.4 Å². The Kier molecular flexibility index (Phi) is 4.78. The number of nitrogens with one attached hydrogen (secondary N) is 1. The minimum absolute atomic E-state index is 0.0300. The molecule has 1 unspecified atom stereocenters. The summed E-state index contributed by atoms with van der Waals surface area (Å²) in [5.74, 6) is -0.114. The van der Waals surface area contributed by atoms with E-state index in [1.165, 1.54) is 16.9 Å². The molecule has 1 aromatic carbocycles. The molecule has 0 spiro atoms. The summed E-state index contributed by atoms with van der Waals surface area (Å²) in [6, 6.07) is 7.69. The highest BCUT2D eigenvalue weighted by Crippen LogP contribution is 2.33. The van der Waals surface area contributed by atoms with Crippen LogP contribution in [0.25, 0.3) is 0 Å². The van der Waals surface area contributed by atoms with Gasteiger partial charge in [-0.1, -0.05) is 35.6 Å². The Morgan fingerprint density at radius 3 is 2.85 bits per heavy atom. The maximum absolute atomic E-state index is 12.7. The van der Waals surface area contributed by atoms with E-state index in [0.717, 1.165) is 30.5 Å². The van der Waals surface area contributed by atoms with Gasteiger partial charge in [0.15, 0.2) is 10.9 Å². The van der Waals surface area contributed by atoms with Crippen molar-refractivity contribution in [3.05, 3.63) is 46.0 Å². The van der Waals surface area contributed by atoms with Crippen molar-refractivity contribution in [1.29, 1.82) is 0 Å². The Bertz CT molecular complexity index is 921. The molecule has 0 saturated heterocycles. The molecule has 140 valence electrons. The first kappa shape index (κ1) is 17.9. The van der Waals surface area contributed by atoms with Gasteiger partial charge in [0.1, 0.15) is 0 Å². The van der Waals surface area contributed by atoms with Crippen molar-refractivity contribution in [2.45, 2.75) is 45.1 Å². The molecule has 1 aromatic heterocycles. The van der Waals surface area contributed by atoms with Crippen LogP contribution in [0, 0.1) is 0 Å². The van der Waals surface area contributed by atoms with Gasteiger partial charge in [0.25, 0.3) is 0 Å². The van der Waals surface area contributed by atoms with Crippen LogP contribution < -0.4 is 5.32 Å². The first-order valence-electron chi connectivity index (χ1n) is 9.20. The maximum atomic E-state index is 12.7. The maximum Gasteiger partial charge on any atom is 0.228 e. The summed E-state index contributed by atoms with van der Waals surface area (Å²) in [4.78, 5) is 43.6. The van der Waals surface area contributed by atoms with E-state index in [1.807, 2.05) is 18.2 Å². The number of ketones is 1. The molecular formula is C20H21N3O3S. The Balaban J connectivity index is 1.53. The molecule has 1 aliphatic carbocycles. The van der Waals surface area contributed by atoms with Crippen molar-refractivity contribution in [2.75, 3.05) is 11.9 Å². The van der Waals surface area contributed by atoms with Crippen LogP contribution in [0.2, 0.25) is 0 Å². The van der Waals surface area contributed by atoms with Crippen LogP contribution in [0.15, 0.2) is 24.3 Å². The fourth-order valence-electron chi connectivity index (χ4n) is 3.92. The SMILES string of the molecule is CC(=O)N1CCc2ccccc2C1CC(=O)Nc1nc2c(s1)C(=O)CCC2. The highest BCUT2D eigenvalue weighted by molar-refractivity contribution is 7.17. The molecule has 0 bridgehead atoms. The third kappa shape index (κ3) is 3.51. The van der Waals surface area contributed by atoms with E-state index in [-0.39, 0.29) is 30.1 Å². The molecule has 2 aliphatic rings. The molecule has 2 heterocycles. The summed E-state index contributed by atoms with van der Waals surface area (Å²) in [5, 5.41) is 3.31. The predicted octanol–water partition coefficient (Wildman–Crippen LogP) is 3.14. The van der Waals surface area contributed by atoms with Gasteiger partial charge in [-0.2, -0.15) is 0 Å². The van der Waals surface area contributed by atoms with Crippen LogP contribution in [0.3, 0.4) is 0 Å². The second-order valence-electron chi connectivity index (χ2n) is 7.00. The zero-order valence-corrected chi connectivity index (χ0v) is 16.0. The standard InChI is InChI=1S/C20H21N3O3S/c1-12(24)23-10-9-13-5-2-3-6-14(13)16(23)11-18(26)22-20-21-15-7-4-8-17(25)19(15)27-20/h2-3,5-6,16H,4,7-11H2,1H3,(H,21,22,26). The molecule has 0 fully saturated rings. The zero-order chi connectivity index (χ0) is 19.0. The van der Waals surface area contributed by atoms with Gasteiger partial charge in [-0.15, -0.1) is 0 Å². The number of nitrogens with zero attached hydrogens (tertiary/aromatic N) is 2. The van der Waals surface area contributed by atoms with Crippen LogP contribution in [0.4, 0.5) is 5.13 Å². The number of carbonyl (C=O) groups is 3. The molecule has 2 amide bonds. The first-order valence-corrected chi connectivity index (χ1v) is 10.0. The monoisotopic (exact) mass is 383 g/mol. The lowest BCUT2D eigenvalue weighted by Gasteiger charge is -2.36. The highest BCUT2D eigenvalue weighted by Gasteiger charge is 2.31. The van der Waals surface area contributed by atoms with Crippen molar-refractivity contribution >= 4 is 34.1 Å². The molecule has 0 saturated carbocycles. The number of rotatable bonds is 3. The topological polar surface area (TPSA) is 79.4 Å². The largest absolute Gasteiger partial charge is 0.335 e. The normalized spacial score (nSPS) is 18.6. The molecule has 1 aliphatic heterocycles. The minimum Gasteiger partial charge on any atom is -0.335 e. The van der Waals surface area contributed by atoms with Crippen LogP contribution in [0.5, 0.6) is 0 Å². The van der Waals surface area contributed by atoms with Crippen molar-refractivity contribution in [2.24, 2.45) is 0 Å². The number of hydrogen-bond acceptors (Lipinski definition) is 5. The molecule has 4 rings (SSSR count). The van der Waals surface area contributed by atoms with E-state index in [9.17, 15) is 14.4 Å². The van der Waals surface area contributed by atoms with Gasteiger partial charge in [0.2, 0.25) is 11.8 Å². The Labute approximate surface area is 161 Å². The van der Waals surface area contributed by atoms with E-state index in [1.54, 1.807) is 11.8 Å².